The first-order valence-corrected chi connectivity index (χ1v) is 5.37. The van der Waals surface area contributed by atoms with Crippen molar-refractivity contribution in [3.63, 3.8) is 0 Å². The van der Waals surface area contributed by atoms with Gasteiger partial charge in [0.1, 0.15) is 0 Å². The average molecular weight is 245 g/mol. The quantitative estimate of drug-likeness (QED) is 0.811. The Labute approximate surface area is 97.8 Å². The normalized spacial score (nSPS) is 12.3. The van der Waals surface area contributed by atoms with E-state index in [1.165, 1.54) is 0 Å². The number of carbonyl (C=O) groups is 1. The van der Waals surface area contributed by atoms with Gasteiger partial charge in [0.15, 0.2) is 17.5 Å². The van der Waals surface area contributed by atoms with Crippen LogP contribution in [-0.2, 0) is 11.2 Å². The molecule has 1 rings (SSSR count). The highest BCUT2D eigenvalue weighted by Crippen LogP contribution is 2.15. The van der Waals surface area contributed by atoms with Crippen LogP contribution in [0.1, 0.15) is 25.8 Å². The molecule has 0 saturated carbocycles. The zero-order valence-electron chi connectivity index (χ0n) is 9.69. The monoisotopic (exact) mass is 245 g/mol. The van der Waals surface area contributed by atoms with Crippen molar-refractivity contribution < 1.29 is 18.0 Å². The Morgan fingerprint density at radius 2 is 1.94 bits per heavy atom. The van der Waals surface area contributed by atoms with E-state index in [0.29, 0.717) is 0 Å². The molecule has 0 spiro atoms. The molecule has 1 aromatic rings. The van der Waals surface area contributed by atoms with E-state index in [1.807, 2.05) is 6.92 Å². The van der Waals surface area contributed by atoms with Crippen molar-refractivity contribution in [2.75, 3.05) is 0 Å². The summed E-state index contributed by atoms with van der Waals surface area (Å²) < 4.78 is 38.8. The molecule has 0 aromatic heterocycles. The van der Waals surface area contributed by atoms with Crippen LogP contribution in [0.25, 0.3) is 0 Å². The van der Waals surface area contributed by atoms with E-state index in [4.69, 9.17) is 0 Å². The highest BCUT2D eigenvalue weighted by atomic mass is 19.2. The van der Waals surface area contributed by atoms with Gasteiger partial charge in [-0.3, -0.25) is 4.79 Å². The summed E-state index contributed by atoms with van der Waals surface area (Å²) in [5.41, 5.74) is -0.148. The molecule has 0 aliphatic heterocycles. The van der Waals surface area contributed by atoms with E-state index in [9.17, 15) is 18.0 Å². The standard InChI is InChI=1S/C12H14F3NO/c1-3-7(2)16-10(17)6-8-4-5-9(13)12(15)11(8)14/h4-5,7H,3,6H2,1-2H3,(H,16,17). The van der Waals surface area contributed by atoms with E-state index in [-0.39, 0.29) is 18.0 Å². The Morgan fingerprint density at radius 3 is 2.53 bits per heavy atom. The lowest BCUT2D eigenvalue weighted by atomic mass is 10.1. The molecular weight excluding hydrogens is 231 g/mol. The molecule has 0 aliphatic rings. The van der Waals surface area contributed by atoms with Crippen molar-refractivity contribution in [3.8, 4) is 0 Å². The van der Waals surface area contributed by atoms with Gasteiger partial charge in [-0.1, -0.05) is 13.0 Å². The molecule has 0 bridgehead atoms. The van der Waals surface area contributed by atoms with Gasteiger partial charge in [0, 0.05) is 11.6 Å². The number of halogens is 3. The Kier molecular flexibility index (Phi) is 4.54. The minimum absolute atomic E-state index is 0.0316. The predicted molar refractivity (Wildman–Crippen MR) is 57.9 cm³/mol. The third-order valence-corrected chi connectivity index (χ3v) is 2.49. The number of amides is 1. The molecule has 5 heteroatoms. The second-order valence-corrected chi connectivity index (χ2v) is 3.89. The third kappa shape index (κ3) is 3.47. The highest BCUT2D eigenvalue weighted by Gasteiger charge is 2.16. The van der Waals surface area contributed by atoms with Crippen molar-refractivity contribution in [2.45, 2.75) is 32.7 Å². The highest BCUT2D eigenvalue weighted by molar-refractivity contribution is 5.78. The third-order valence-electron chi connectivity index (χ3n) is 2.49. The molecule has 0 aliphatic carbocycles. The van der Waals surface area contributed by atoms with Crippen molar-refractivity contribution in [1.82, 2.24) is 5.32 Å². The Hall–Kier alpha value is -1.52. The molecular formula is C12H14F3NO. The van der Waals surface area contributed by atoms with E-state index >= 15 is 0 Å². The largest absolute Gasteiger partial charge is 0.353 e. The van der Waals surface area contributed by atoms with Crippen LogP contribution in [-0.4, -0.2) is 11.9 Å². The summed E-state index contributed by atoms with van der Waals surface area (Å²) in [4.78, 5) is 11.4. The molecule has 1 unspecified atom stereocenters. The van der Waals surface area contributed by atoms with Crippen LogP contribution in [0.3, 0.4) is 0 Å². The SMILES string of the molecule is CCC(C)NC(=O)Cc1ccc(F)c(F)c1F. The van der Waals surface area contributed by atoms with Crippen molar-refractivity contribution in [2.24, 2.45) is 0 Å². The average Bonchev–Trinajstić information content (AvgIpc) is 2.29. The molecule has 94 valence electrons. The molecule has 1 amide bonds. The fourth-order valence-electron chi connectivity index (χ4n) is 1.30. The molecule has 0 radical (unpaired) electrons. The van der Waals surface area contributed by atoms with Crippen LogP contribution in [0.5, 0.6) is 0 Å². The second kappa shape index (κ2) is 5.70. The topological polar surface area (TPSA) is 29.1 Å². The van der Waals surface area contributed by atoms with Gasteiger partial charge in [0.05, 0.1) is 6.42 Å². The number of rotatable bonds is 4. The zero-order valence-corrected chi connectivity index (χ0v) is 9.69. The van der Waals surface area contributed by atoms with Gasteiger partial charge in [0.2, 0.25) is 5.91 Å². The first kappa shape index (κ1) is 13.5. The first-order chi connectivity index (χ1) is 7.95. The van der Waals surface area contributed by atoms with Gasteiger partial charge in [-0.05, 0) is 19.4 Å². The van der Waals surface area contributed by atoms with Crippen molar-refractivity contribution in [3.05, 3.63) is 35.1 Å². The van der Waals surface area contributed by atoms with E-state index in [0.717, 1.165) is 18.6 Å². The van der Waals surface area contributed by atoms with Crippen LogP contribution in [0.15, 0.2) is 12.1 Å². The lowest BCUT2D eigenvalue weighted by molar-refractivity contribution is -0.121. The summed E-state index contributed by atoms with van der Waals surface area (Å²) in [7, 11) is 0. The number of carbonyl (C=O) groups excluding carboxylic acids is 1. The van der Waals surface area contributed by atoms with Gasteiger partial charge in [-0.2, -0.15) is 0 Å². The van der Waals surface area contributed by atoms with Crippen molar-refractivity contribution >= 4 is 5.91 Å². The fourth-order valence-corrected chi connectivity index (χ4v) is 1.30. The summed E-state index contributed by atoms with van der Waals surface area (Å²) in [5, 5.41) is 2.62. The molecule has 0 saturated heterocycles. The fraction of sp³-hybridized carbons (Fsp3) is 0.417. The zero-order chi connectivity index (χ0) is 13.0. The number of hydrogen-bond donors (Lipinski definition) is 1. The van der Waals surface area contributed by atoms with Crippen LogP contribution in [0.2, 0.25) is 0 Å². The van der Waals surface area contributed by atoms with Crippen LogP contribution in [0.4, 0.5) is 13.2 Å². The van der Waals surface area contributed by atoms with E-state index in [1.54, 1.807) is 6.92 Å². The smallest absolute Gasteiger partial charge is 0.224 e. The number of hydrogen-bond acceptors (Lipinski definition) is 1. The maximum absolute atomic E-state index is 13.2. The van der Waals surface area contributed by atoms with Gasteiger partial charge < -0.3 is 5.32 Å². The summed E-state index contributed by atoms with van der Waals surface area (Å²) >= 11 is 0. The van der Waals surface area contributed by atoms with Crippen LogP contribution >= 0.6 is 0 Å². The lowest BCUT2D eigenvalue weighted by Crippen LogP contribution is -2.33. The van der Waals surface area contributed by atoms with Gasteiger partial charge >= 0.3 is 0 Å². The minimum Gasteiger partial charge on any atom is -0.353 e. The Morgan fingerprint density at radius 1 is 1.29 bits per heavy atom. The van der Waals surface area contributed by atoms with Crippen molar-refractivity contribution in [1.29, 1.82) is 0 Å². The molecule has 2 nitrogen and oxygen atoms in total. The maximum Gasteiger partial charge on any atom is 0.224 e. The van der Waals surface area contributed by atoms with Gasteiger partial charge in [0.25, 0.3) is 0 Å². The van der Waals surface area contributed by atoms with Gasteiger partial charge in [-0.25, -0.2) is 13.2 Å². The van der Waals surface area contributed by atoms with Crippen LogP contribution < -0.4 is 5.32 Å². The summed E-state index contributed by atoms with van der Waals surface area (Å²) in [6, 6.07) is 1.85. The Balaban J connectivity index is 2.76. The number of benzene rings is 1. The minimum atomic E-state index is -1.54. The summed E-state index contributed by atoms with van der Waals surface area (Å²) in [6.45, 7) is 3.70. The first-order valence-electron chi connectivity index (χ1n) is 5.37. The molecule has 0 heterocycles. The predicted octanol–water partition coefficient (Wildman–Crippen LogP) is 2.56. The maximum atomic E-state index is 13.2. The number of nitrogens with one attached hydrogen (secondary N) is 1. The second-order valence-electron chi connectivity index (χ2n) is 3.89. The van der Waals surface area contributed by atoms with E-state index in [2.05, 4.69) is 5.32 Å². The Bertz CT molecular complexity index is 420. The summed E-state index contributed by atoms with van der Waals surface area (Å²) in [6.07, 6.45) is 0.444. The van der Waals surface area contributed by atoms with Gasteiger partial charge in [-0.15, -0.1) is 0 Å². The lowest BCUT2D eigenvalue weighted by Gasteiger charge is -2.11. The van der Waals surface area contributed by atoms with E-state index < -0.39 is 23.4 Å². The molecule has 1 aromatic carbocycles. The molecule has 1 N–H and O–H groups in total. The molecule has 1 atom stereocenters. The summed E-state index contributed by atoms with van der Waals surface area (Å²) in [5.74, 6) is -4.51. The molecule has 0 fully saturated rings. The van der Waals surface area contributed by atoms with Crippen LogP contribution in [0, 0.1) is 17.5 Å². The molecule has 17 heavy (non-hydrogen) atoms.